The van der Waals surface area contributed by atoms with Crippen LogP contribution in [0.2, 0.25) is 0 Å². The van der Waals surface area contributed by atoms with E-state index in [1.807, 2.05) is 0 Å². The van der Waals surface area contributed by atoms with Crippen molar-refractivity contribution in [3.05, 3.63) is 29.8 Å². The van der Waals surface area contributed by atoms with E-state index in [0.29, 0.717) is 13.2 Å². The third kappa shape index (κ3) is 4.20. The molecule has 0 radical (unpaired) electrons. The molecule has 134 valence electrons. The fourth-order valence-corrected chi connectivity index (χ4v) is 3.26. The van der Waals surface area contributed by atoms with Gasteiger partial charge in [-0.1, -0.05) is 6.07 Å². The van der Waals surface area contributed by atoms with Crippen LogP contribution in [-0.4, -0.2) is 54.6 Å². The molecule has 1 aliphatic heterocycles. The molecule has 2 fully saturated rings. The van der Waals surface area contributed by atoms with Crippen LogP contribution in [0.1, 0.15) is 24.8 Å². The molecule has 0 bridgehead atoms. The van der Waals surface area contributed by atoms with E-state index >= 15 is 0 Å². The molecule has 1 aromatic rings. The summed E-state index contributed by atoms with van der Waals surface area (Å²) in [5, 5.41) is 10.1. The summed E-state index contributed by atoms with van der Waals surface area (Å²) in [6.45, 7) is 2.60. The molecule has 3 rings (SSSR count). The van der Waals surface area contributed by atoms with Crippen LogP contribution in [-0.2, 0) is 10.9 Å². The van der Waals surface area contributed by atoms with Crippen LogP contribution in [0.25, 0.3) is 0 Å². The predicted molar refractivity (Wildman–Crippen MR) is 81.9 cm³/mol. The molecular formula is C17H22F3NO3. The zero-order valence-corrected chi connectivity index (χ0v) is 13.4. The van der Waals surface area contributed by atoms with Gasteiger partial charge >= 0.3 is 6.18 Å². The van der Waals surface area contributed by atoms with Crippen LogP contribution >= 0.6 is 0 Å². The molecule has 1 spiro atoms. The van der Waals surface area contributed by atoms with Crippen molar-refractivity contribution in [1.82, 2.24) is 4.90 Å². The van der Waals surface area contributed by atoms with Crippen LogP contribution in [0.5, 0.6) is 5.75 Å². The number of ether oxygens (including phenoxy) is 2. The third-order valence-corrected chi connectivity index (χ3v) is 4.67. The van der Waals surface area contributed by atoms with Gasteiger partial charge in [0.25, 0.3) is 0 Å². The Morgan fingerprint density at radius 2 is 2.12 bits per heavy atom. The second-order valence-corrected chi connectivity index (χ2v) is 6.61. The third-order valence-electron chi connectivity index (χ3n) is 4.67. The highest BCUT2D eigenvalue weighted by Gasteiger charge is 2.42. The Balaban J connectivity index is 1.48. The lowest BCUT2D eigenvalue weighted by Gasteiger charge is -2.48. The summed E-state index contributed by atoms with van der Waals surface area (Å²) in [6.07, 6.45) is -1.87. The molecule has 1 atom stereocenters. The maximum atomic E-state index is 12.7. The number of aliphatic hydroxyl groups excluding tert-OH is 1. The molecule has 4 nitrogen and oxygen atoms in total. The van der Waals surface area contributed by atoms with Gasteiger partial charge in [0.1, 0.15) is 18.5 Å². The molecular weight excluding hydrogens is 323 g/mol. The van der Waals surface area contributed by atoms with Gasteiger partial charge in [-0.15, -0.1) is 0 Å². The van der Waals surface area contributed by atoms with Crippen LogP contribution in [0, 0.1) is 0 Å². The summed E-state index contributed by atoms with van der Waals surface area (Å²) in [4.78, 5) is 2.14. The van der Waals surface area contributed by atoms with Crippen molar-refractivity contribution >= 4 is 0 Å². The number of halogens is 3. The fourth-order valence-electron chi connectivity index (χ4n) is 3.26. The first-order valence-corrected chi connectivity index (χ1v) is 8.21. The Labute approximate surface area is 139 Å². The summed E-state index contributed by atoms with van der Waals surface area (Å²) in [7, 11) is 0. The van der Waals surface area contributed by atoms with Crippen LogP contribution < -0.4 is 4.74 Å². The van der Waals surface area contributed by atoms with Gasteiger partial charge in [0.15, 0.2) is 0 Å². The van der Waals surface area contributed by atoms with E-state index in [0.717, 1.165) is 38.1 Å². The van der Waals surface area contributed by atoms with Crippen molar-refractivity contribution < 1.29 is 27.8 Å². The molecule has 1 saturated heterocycles. The van der Waals surface area contributed by atoms with Gasteiger partial charge in [0.2, 0.25) is 0 Å². The Morgan fingerprint density at radius 1 is 1.33 bits per heavy atom. The van der Waals surface area contributed by atoms with E-state index in [1.54, 1.807) is 0 Å². The van der Waals surface area contributed by atoms with E-state index in [-0.39, 0.29) is 18.0 Å². The summed E-state index contributed by atoms with van der Waals surface area (Å²) in [6, 6.07) is 4.70. The van der Waals surface area contributed by atoms with Gasteiger partial charge in [-0.25, -0.2) is 0 Å². The lowest BCUT2D eigenvalue weighted by molar-refractivity contribution is -0.155. The lowest BCUT2D eigenvalue weighted by Crippen LogP contribution is -2.57. The molecule has 7 heteroatoms. The van der Waals surface area contributed by atoms with Crippen LogP contribution in [0.4, 0.5) is 13.2 Å². The minimum absolute atomic E-state index is 0.0360. The van der Waals surface area contributed by atoms with Gasteiger partial charge in [-0.3, -0.25) is 4.90 Å². The molecule has 0 amide bonds. The number of β-amino-alcohol motifs (C(OH)–C–C–N with tert-alkyl or cyclic N) is 1. The van der Waals surface area contributed by atoms with Gasteiger partial charge in [0.05, 0.1) is 17.8 Å². The van der Waals surface area contributed by atoms with Crippen molar-refractivity contribution in [3.63, 3.8) is 0 Å². The second kappa shape index (κ2) is 6.90. The molecule has 1 aromatic carbocycles. The SMILES string of the molecule is OC(COc1cccc(C(F)(F)F)c1)CN1CCOC2(CCC2)C1. The van der Waals surface area contributed by atoms with Crippen LogP contribution in [0.3, 0.4) is 0 Å². The number of alkyl halides is 3. The maximum absolute atomic E-state index is 12.7. The summed E-state index contributed by atoms with van der Waals surface area (Å²) >= 11 is 0. The van der Waals surface area contributed by atoms with Gasteiger partial charge in [0, 0.05) is 19.6 Å². The van der Waals surface area contributed by atoms with Crippen molar-refractivity contribution in [2.75, 3.05) is 32.8 Å². The standard InChI is InChI=1S/C17H22F3NO3/c18-17(19,20)13-3-1-4-15(9-13)23-11-14(22)10-21-7-8-24-16(12-21)5-2-6-16/h1,3-4,9,14,22H,2,5-8,10-12H2. The minimum atomic E-state index is -4.40. The van der Waals surface area contributed by atoms with Crippen molar-refractivity contribution in [2.45, 2.75) is 37.1 Å². The molecule has 2 aliphatic rings. The van der Waals surface area contributed by atoms with Crippen molar-refractivity contribution in [1.29, 1.82) is 0 Å². The van der Waals surface area contributed by atoms with E-state index < -0.39 is 17.8 Å². The van der Waals surface area contributed by atoms with E-state index in [9.17, 15) is 18.3 Å². The molecule has 1 unspecified atom stereocenters. The van der Waals surface area contributed by atoms with E-state index in [4.69, 9.17) is 9.47 Å². The second-order valence-electron chi connectivity index (χ2n) is 6.61. The normalized spacial score (nSPS) is 22.2. The summed E-state index contributed by atoms with van der Waals surface area (Å²) < 4.78 is 49.1. The van der Waals surface area contributed by atoms with Gasteiger partial charge in [-0.05, 0) is 37.5 Å². The van der Waals surface area contributed by atoms with Crippen molar-refractivity contribution in [3.8, 4) is 5.75 Å². The zero-order valence-electron chi connectivity index (χ0n) is 13.4. The highest BCUT2D eigenvalue weighted by Crippen LogP contribution is 2.38. The number of aliphatic hydroxyl groups is 1. The minimum Gasteiger partial charge on any atom is -0.491 e. The first-order chi connectivity index (χ1) is 11.4. The molecule has 0 aromatic heterocycles. The van der Waals surface area contributed by atoms with Gasteiger partial charge < -0.3 is 14.6 Å². The number of rotatable bonds is 5. The Kier molecular flexibility index (Phi) is 5.03. The summed E-state index contributed by atoms with van der Waals surface area (Å²) in [5.74, 6) is 0.112. The lowest BCUT2D eigenvalue weighted by atomic mass is 9.79. The molecule has 1 saturated carbocycles. The maximum Gasteiger partial charge on any atom is 0.416 e. The molecule has 1 aliphatic carbocycles. The largest absolute Gasteiger partial charge is 0.491 e. The number of benzene rings is 1. The highest BCUT2D eigenvalue weighted by molar-refractivity contribution is 5.30. The van der Waals surface area contributed by atoms with Crippen LogP contribution in [0.15, 0.2) is 24.3 Å². The number of morpholine rings is 1. The first kappa shape index (κ1) is 17.5. The quantitative estimate of drug-likeness (QED) is 0.891. The topological polar surface area (TPSA) is 41.9 Å². The average Bonchev–Trinajstić information content (AvgIpc) is 2.51. The fraction of sp³-hybridized carbons (Fsp3) is 0.647. The Bertz CT molecular complexity index is 560. The zero-order chi connectivity index (χ0) is 17.2. The Morgan fingerprint density at radius 3 is 2.79 bits per heavy atom. The molecule has 24 heavy (non-hydrogen) atoms. The van der Waals surface area contributed by atoms with E-state index in [1.165, 1.54) is 18.6 Å². The Hall–Kier alpha value is -1.31. The van der Waals surface area contributed by atoms with Crippen molar-refractivity contribution in [2.24, 2.45) is 0 Å². The molecule has 1 N–H and O–H groups in total. The van der Waals surface area contributed by atoms with E-state index in [2.05, 4.69) is 4.90 Å². The number of hydrogen-bond donors (Lipinski definition) is 1. The smallest absolute Gasteiger partial charge is 0.416 e. The van der Waals surface area contributed by atoms with Gasteiger partial charge in [-0.2, -0.15) is 13.2 Å². The first-order valence-electron chi connectivity index (χ1n) is 8.21. The predicted octanol–water partition coefficient (Wildman–Crippen LogP) is 2.70. The number of nitrogens with zero attached hydrogens (tertiary/aromatic N) is 1. The molecule has 1 heterocycles. The monoisotopic (exact) mass is 345 g/mol. The average molecular weight is 345 g/mol. The summed E-state index contributed by atoms with van der Waals surface area (Å²) in [5.41, 5.74) is -0.797. The number of hydrogen-bond acceptors (Lipinski definition) is 4. The highest BCUT2D eigenvalue weighted by atomic mass is 19.4.